The van der Waals surface area contributed by atoms with Crippen LogP contribution in [0.25, 0.3) is 0 Å². The molecular weight excluding hydrogens is 278 g/mol. The Morgan fingerprint density at radius 3 is 2.45 bits per heavy atom. The highest BCUT2D eigenvalue weighted by molar-refractivity contribution is 7.91. The fourth-order valence-electron chi connectivity index (χ4n) is 1.55. The molecule has 0 amide bonds. The Labute approximate surface area is 117 Å². The van der Waals surface area contributed by atoms with Gasteiger partial charge in [0, 0.05) is 11.8 Å². The van der Waals surface area contributed by atoms with Crippen molar-refractivity contribution in [2.45, 2.75) is 5.03 Å². The van der Waals surface area contributed by atoms with E-state index in [0.717, 1.165) is 6.29 Å². The molecule has 0 aliphatic rings. The first-order valence-corrected chi connectivity index (χ1v) is 7.59. The van der Waals surface area contributed by atoms with Crippen LogP contribution >= 0.6 is 0 Å². The normalized spacial score (nSPS) is 11.0. The number of hydrogen-bond donors (Lipinski definition) is 0. The van der Waals surface area contributed by atoms with Crippen molar-refractivity contribution in [3.8, 4) is 5.75 Å². The number of rotatable bonds is 6. The third-order valence-corrected chi connectivity index (χ3v) is 4.18. The van der Waals surface area contributed by atoms with Gasteiger partial charge < -0.3 is 4.74 Å². The average Bonchev–Trinajstić information content (AvgIpc) is 2.49. The second-order valence-corrected chi connectivity index (χ2v) is 6.08. The first-order chi connectivity index (χ1) is 9.62. The number of benzene rings is 1. The Kier molecular flexibility index (Phi) is 4.47. The van der Waals surface area contributed by atoms with Gasteiger partial charge in [0.2, 0.25) is 0 Å². The van der Waals surface area contributed by atoms with Crippen molar-refractivity contribution < 1.29 is 17.9 Å². The zero-order chi connectivity index (χ0) is 14.4. The highest BCUT2D eigenvalue weighted by Crippen LogP contribution is 2.12. The maximum Gasteiger partial charge on any atom is 0.198 e. The van der Waals surface area contributed by atoms with Crippen LogP contribution in [0.15, 0.2) is 53.7 Å². The number of pyridine rings is 1. The third kappa shape index (κ3) is 3.64. The van der Waals surface area contributed by atoms with Gasteiger partial charge in [-0.25, -0.2) is 13.4 Å². The summed E-state index contributed by atoms with van der Waals surface area (Å²) < 4.78 is 29.2. The van der Waals surface area contributed by atoms with E-state index in [0.29, 0.717) is 11.3 Å². The van der Waals surface area contributed by atoms with Crippen molar-refractivity contribution in [3.05, 3.63) is 54.2 Å². The minimum absolute atomic E-state index is 0.0271. The molecule has 1 aromatic heterocycles. The van der Waals surface area contributed by atoms with Crippen LogP contribution in [0.1, 0.15) is 10.4 Å². The predicted molar refractivity (Wildman–Crippen MR) is 73.6 cm³/mol. The highest BCUT2D eigenvalue weighted by atomic mass is 32.2. The average molecular weight is 291 g/mol. The number of carbonyl (C=O) groups excluding carboxylic acids is 1. The van der Waals surface area contributed by atoms with Gasteiger partial charge in [-0.15, -0.1) is 0 Å². The topological polar surface area (TPSA) is 73.3 Å². The smallest absolute Gasteiger partial charge is 0.198 e. The van der Waals surface area contributed by atoms with Crippen LogP contribution in [-0.4, -0.2) is 32.0 Å². The summed E-state index contributed by atoms with van der Waals surface area (Å²) in [5.41, 5.74) is 0.540. The lowest BCUT2D eigenvalue weighted by Crippen LogP contribution is -2.15. The van der Waals surface area contributed by atoms with E-state index in [-0.39, 0.29) is 17.4 Å². The molecule has 6 heteroatoms. The van der Waals surface area contributed by atoms with Crippen molar-refractivity contribution in [2.75, 3.05) is 12.4 Å². The second kappa shape index (κ2) is 6.29. The molecule has 0 spiro atoms. The van der Waals surface area contributed by atoms with Crippen molar-refractivity contribution >= 4 is 16.1 Å². The summed E-state index contributed by atoms with van der Waals surface area (Å²) >= 11 is 0. The third-order valence-electron chi connectivity index (χ3n) is 2.59. The van der Waals surface area contributed by atoms with Gasteiger partial charge in [0.05, 0.1) is 5.75 Å². The van der Waals surface area contributed by atoms with Crippen LogP contribution in [0.4, 0.5) is 0 Å². The van der Waals surface area contributed by atoms with Gasteiger partial charge in [0.1, 0.15) is 18.6 Å². The SMILES string of the molecule is O=Cc1ccc(OCCS(=O)(=O)c2ccccn2)cc1. The summed E-state index contributed by atoms with van der Waals surface area (Å²) in [6.45, 7) is 0.0271. The molecule has 5 nitrogen and oxygen atoms in total. The molecule has 0 N–H and O–H groups in total. The molecule has 1 heterocycles. The van der Waals surface area contributed by atoms with E-state index >= 15 is 0 Å². The molecule has 0 atom stereocenters. The number of hydrogen-bond acceptors (Lipinski definition) is 5. The molecule has 104 valence electrons. The Morgan fingerprint density at radius 1 is 1.10 bits per heavy atom. The van der Waals surface area contributed by atoms with E-state index in [9.17, 15) is 13.2 Å². The molecule has 0 unspecified atom stereocenters. The molecule has 20 heavy (non-hydrogen) atoms. The van der Waals surface area contributed by atoms with Crippen molar-refractivity contribution in [2.24, 2.45) is 0 Å². The van der Waals surface area contributed by atoms with E-state index in [1.54, 1.807) is 36.4 Å². The molecule has 0 aliphatic carbocycles. The molecule has 2 rings (SSSR count). The standard InChI is InChI=1S/C14H13NO4S/c16-11-12-4-6-13(7-5-12)19-9-10-20(17,18)14-3-1-2-8-15-14/h1-8,11H,9-10H2. The van der Waals surface area contributed by atoms with E-state index in [4.69, 9.17) is 4.74 Å². The van der Waals surface area contributed by atoms with Crippen molar-refractivity contribution in [1.82, 2.24) is 4.98 Å². The molecule has 0 fully saturated rings. The minimum Gasteiger partial charge on any atom is -0.493 e. The lowest BCUT2D eigenvalue weighted by molar-refractivity contribution is 0.112. The number of sulfone groups is 1. The predicted octanol–water partition coefficient (Wildman–Crippen LogP) is 1.75. The van der Waals surface area contributed by atoms with Crippen molar-refractivity contribution in [1.29, 1.82) is 0 Å². The summed E-state index contributed by atoms with van der Waals surface area (Å²) in [5.74, 6) is 0.367. The maximum atomic E-state index is 11.9. The van der Waals surface area contributed by atoms with E-state index < -0.39 is 9.84 Å². The largest absolute Gasteiger partial charge is 0.493 e. The van der Waals surface area contributed by atoms with Gasteiger partial charge in [0.25, 0.3) is 0 Å². The van der Waals surface area contributed by atoms with Crippen LogP contribution in [0.3, 0.4) is 0 Å². The van der Waals surface area contributed by atoms with Gasteiger partial charge in [-0.3, -0.25) is 4.79 Å². The number of aldehydes is 1. The molecule has 0 saturated carbocycles. The van der Waals surface area contributed by atoms with E-state index in [1.165, 1.54) is 12.3 Å². The summed E-state index contributed by atoms with van der Waals surface area (Å²) in [6, 6.07) is 11.2. The van der Waals surface area contributed by atoms with Crippen LogP contribution in [0, 0.1) is 0 Å². The lowest BCUT2D eigenvalue weighted by atomic mass is 10.2. The fraction of sp³-hybridized carbons (Fsp3) is 0.143. The zero-order valence-electron chi connectivity index (χ0n) is 10.6. The molecule has 0 aliphatic heterocycles. The molecule has 0 radical (unpaired) electrons. The maximum absolute atomic E-state index is 11.9. The number of carbonyl (C=O) groups is 1. The first-order valence-electron chi connectivity index (χ1n) is 5.94. The first kappa shape index (κ1) is 14.2. The number of ether oxygens (including phenoxy) is 1. The second-order valence-electron chi connectivity index (χ2n) is 4.02. The van der Waals surface area contributed by atoms with Crippen LogP contribution < -0.4 is 4.74 Å². The van der Waals surface area contributed by atoms with Crippen LogP contribution in [0.5, 0.6) is 5.75 Å². The van der Waals surface area contributed by atoms with Crippen molar-refractivity contribution in [3.63, 3.8) is 0 Å². The fourth-order valence-corrected chi connectivity index (χ4v) is 2.57. The Bertz CT molecular complexity index is 666. The quantitative estimate of drug-likeness (QED) is 0.758. The Balaban J connectivity index is 1.93. The minimum atomic E-state index is -3.44. The van der Waals surface area contributed by atoms with E-state index in [2.05, 4.69) is 4.98 Å². The van der Waals surface area contributed by atoms with Gasteiger partial charge >= 0.3 is 0 Å². The number of aromatic nitrogens is 1. The summed E-state index contributed by atoms with van der Waals surface area (Å²) in [4.78, 5) is 14.3. The van der Waals surface area contributed by atoms with E-state index in [1.807, 2.05) is 0 Å². The molecule has 1 aromatic carbocycles. The highest BCUT2D eigenvalue weighted by Gasteiger charge is 2.15. The molecule has 0 bridgehead atoms. The molecule has 2 aromatic rings. The lowest BCUT2D eigenvalue weighted by Gasteiger charge is -2.06. The number of nitrogens with zero attached hydrogens (tertiary/aromatic N) is 1. The Morgan fingerprint density at radius 2 is 1.85 bits per heavy atom. The molecular formula is C14H13NO4S. The van der Waals surface area contributed by atoms with Crippen LogP contribution in [-0.2, 0) is 9.84 Å². The van der Waals surface area contributed by atoms with Gasteiger partial charge in [-0.1, -0.05) is 6.07 Å². The van der Waals surface area contributed by atoms with Gasteiger partial charge in [-0.2, -0.15) is 0 Å². The summed E-state index contributed by atoms with van der Waals surface area (Å²) in [7, 11) is -3.44. The summed E-state index contributed by atoms with van der Waals surface area (Å²) in [6.07, 6.45) is 2.17. The Hall–Kier alpha value is -2.21. The monoisotopic (exact) mass is 291 g/mol. The van der Waals surface area contributed by atoms with Gasteiger partial charge in [-0.05, 0) is 36.4 Å². The zero-order valence-corrected chi connectivity index (χ0v) is 11.4. The molecule has 0 saturated heterocycles. The summed E-state index contributed by atoms with van der Waals surface area (Å²) in [5, 5.41) is 0.0416. The van der Waals surface area contributed by atoms with Gasteiger partial charge in [0.15, 0.2) is 14.9 Å². The van der Waals surface area contributed by atoms with Crippen LogP contribution in [0.2, 0.25) is 0 Å².